The summed E-state index contributed by atoms with van der Waals surface area (Å²) in [6.07, 6.45) is 2.39. The number of likely N-dealkylation sites (tertiary alicyclic amines) is 1. The number of benzene rings is 2. The molecule has 2 aliphatic rings. The first-order chi connectivity index (χ1) is 10.8. The summed E-state index contributed by atoms with van der Waals surface area (Å²) in [5.74, 6) is -0.157. The molecule has 2 heterocycles. The van der Waals surface area contributed by atoms with Gasteiger partial charge >= 0.3 is 0 Å². The normalized spacial score (nSPS) is 19.9. The molecule has 0 atom stereocenters. The molecular formula is C19H21FN2. The monoisotopic (exact) mass is 296 g/mol. The molecule has 22 heavy (non-hydrogen) atoms. The molecule has 1 fully saturated rings. The Morgan fingerprint density at radius 1 is 1.00 bits per heavy atom. The molecule has 0 saturated carbocycles. The average Bonchev–Trinajstić information content (AvgIpc) is 2.91. The molecule has 0 unspecified atom stereocenters. The van der Waals surface area contributed by atoms with Crippen molar-refractivity contribution in [2.45, 2.75) is 24.8 Å². The maximum atomic E-state index is 13.0. The van der Waals surface area contributed by atoms with Crippen LogP contribution in [0.3, 0.4) is 0 Å². The van der Waals surface area contributed by atoms with E-state index >= 15 is 0 Å². The largest absolute Gasteiger partial charge is 0.384 e. The number of nitrogens with one attached hydrogen (secondary N) is 1. The van der Waals surface area contributed by atoms with Crippen molar-refractivity contribution in [2.24, 2.45) is 0 Å². The van der Waals surface area contributed by atoms with E-state index in [9.17, 15) is 4.39 Å². The van der Waals surface area contributed by atoms with Crippen LogP contribution in [-0.4, -0.2) is 24.5 Å². The lowest BCUT2D eigenvalue weighted by Crippen LogP contribution is -2.43. The van der Waals surface area contributed by atoms with Gasteiger partial charge in [0.15, 0.2) is 0 Å². The molecule has 1 saturated heterocycles. The minimum Gasteiger partial charge on any atom is -0.384 e. The zero-order valence-electron chi connectivity index (χ0n) is 12.7. The number of piperidine rings is 1. The van der Waals surface area contributed by atoms with Gasteiger partial charge in [0.1, 0.15) is 5.82 Å². The molecule has 2 aromatic rings. The van der Waals surface area contributed by atoms with Gasteiger partial charge in [-0.05, 0) is 55.3 Å². The van der Waals surface area contributed by atoms with Gasteiger partial charge in [-0.15, -0.1) is 0 Å². The van der Waals surface area contributed by atoms with Gasteiger partial charge in [0.25, 0.3) is 0 Å². The number of para-hydroxylation sites is 1. The standard InChI is InChI=1S/C19H21FN2/c20-16-7-5-15(6-8-16)13-22-11-9-19(10-12-22)14-21-18-4-2-1-3-17(18)19/h1-8,21H,9-14H2. The Morgan fingerprint density at radius 2 is 1.73 bits per heavy atom. The van der Waals surface area contributed by atoms with Crippen molar-refractivity contribution in [1.29, 1.82) is 0 Å². The lowest BCUT2D eigenvalue weighted by Gasteiger charge is -2.39. The molecule has 114 valence electrons. The Morgan fingerprint density at radius 3 is 2.50 bits per heavy atom. The van der Waals surface area contributed by atoms with Crippen molar-refractivity contribution in [3.05, 3.63) is 65.5 Å². The highest BCUT2D eigenvalue weighted by Crippen LogP contribution is 2.43. The van der Waals surface area contributed by atoms with Crippen molar-refractivity contribution >= 4 is 5.69 Å². The summed E-state index contributed by atoms with van der Waals surface area (Å²) >= 11 is 0. The van der Waals surface area contributed by atoms with Crippen LogP contribution >= 0.6 is 0 Å². The van der Waals surface area contributed by atoms with E-state index in [2.05, 4.69) is 34.5 Å². The Balaban J connectivity index is 1.44. The predicted octanol–water partition coefficient (Wildman–Crippen LogP) is 3.79. The molecule has 4 rings (SSSR count). The third kappa shape index (κ3) is 2.40. The van der Waals surface area contributed by atoms with E-state index in [4.69, 9.17) is 0 Å². The van der Waals surface area contributed by atoms with Gasteiger partial charge in [-0.2, -0.15) is 0 Å². The Hall–Kier alpha value is -1.87. The number of rotatable bonds is 2. The molecule has 2 aliphatic heterocycles. The topological polar surface area (TPSA) is 15.3 Å². The zero-order valence-corrected chi connectivity index (χ0v) is 12.7. The van der Waals surface area contributed by atoms with Crippen LogP contribution in [0.15, 0.2) is 48.5 Å². The van der Waals surface area contributed by atoms with Gasteiger partial charge in [-0.25, -0.2) is 4.39 Å². The van der Waals surface area contributed by atoms with Crippen LogP contribution in [0, 0.1) is 5.82 Å². The summed E-state index contributed by atoms with van der Waals surface area (Å²) in [7, 11) is 0. The van der Waals surface area contributed by atoms with Crippen LogP contribution in [0.25, 0.3) is 0 Å². The Kier molecular flexibility index (Phi) is 3.38. The van der Waals surface area contributed by atoms with Crippen molar-refractivity contribution in [2.75, 3.05) is 25.0 Å². The van der Waals surface area contributed by atoms with Gasteiger partial charge < -0.3 is 5.32 Å². The van der Waals surface area contributed by atoms with E-state index in [1.807, 2.05) is 12.1 Å². The number of halogens is 1. The molecule has 2 aromatic carbocycles. The molecule has 1 spiro atoms. The van der Waals surface area contributed by atoms with Gasteiger partial charge in [0, 0.05) is 24.2 Å². The molecule has 3 heteroatoms. The second kappa shape index (κ2) is 5.40. The fourth-order valence-electron chi connectivity index (χ4n) is 3.89. The average molecular weight is 296 g/mol. The fraction of sp³-hybridized carbons (Fsp3) is 0.368. The molecular weight excluding hydrogens is 275 g/mol. The molecule has 2 nitrogen and oxygen atoms in total. The predicted molar refractivity (Wildman–Crippen MR) is 87.5 cm³/mol. The lowest BCUT2D eigenvalue weighted by atomic mass is 9.74. The van der Waals surface area contributed by atoms with E-state index in [0.717, 1.165) is 26.2 Å². The zero-order chi connectivity index (χ0) is 15.0. The number of fused-ring (bicyclic) bond motifs is 2. The summed E-state index contributed by atoms with van der Waals surface area (Å²) in [5.41, 5.74) is 4.32. The maximum absolute atomic E-state index is 13.0. The molecule has 0 aliphatic carbocycles. The first kappa shape index (κ1) is 13.8. The second-order valence-electron chi connectivity index (χ2n) is 6.58. The third-order valence-corrected chi connectivity index (χ3v) is 5.25. The van der Waals surface area contributed by atoms with Crippen LogP contribution in [0.2, 0.25) is 0 Å². The number of hydrogen-bond acceptors (Lipinski definition) is 2. The minimum absolute atomic E-state index is 0.157. The van der Waals surface area contributed by atoms with Gasteiger partial charge in [-0.3, -0.25) is 4.90 Å². The first-order valence-electron chi connectivity index (χ1n) is 8.05. The molecule has 0 aromatic heterocycles. The smallest absolute Gasteiger partial charge is 0.123 e. The summed E-state index contributed by atoms with van der Waals surface area (Å²) in [6.45, 7) is 4.20. The van der Waals surface area contributed by atoms with Crippen LogP contribution in [-0.2, 0) is 12.0 Å². The minimum atomic E-state index is -0.157. The van der Waals surface area contributed by atoms with Crippen molar-refractivity contribution in [3.63, 3.8) is 0 Å². The summed E-state index contributed by atoms with van der Waals surface area (Å²) in [4.78, 5) is 2.49. The van der Waals surface area contributed by atoms with Crippen molar-refractivity contribution in [3.8, 4) is 0 Å². The van der Waals surface area contributed by atoms with E-state index in [0.29, 0.717) is 5.41 Å². The SMILES string of the molecule is Fc1ccc(CN2CCC3(CC2)CNc2ccccc23)cc1. The lowest BCUT2D eigenvalue weighted by molar-refractivity contribution is 0.162. The van der Waals surface area contributed by atoms with Crippen LogP contribution in [0.4, 0.5) is 10.1 Å². The Bertz CT molecular complexity index is 657. The summed E-state index contributed by atoms with van der Waals surface area (Å²) in [6, 6.07) is 15.6. The van der Waals surface area contributed by atoms with E-state index < -0.39 is 0 Å². The third-order valence-electron chi connectivity index (χ3n) is 5.25. The first-order valence-corrected chi connectivity index (χ1v) is 8.05. The van der Waals surface area contributed by atoms with E-state index in [1.54, 1.807) is 12.1 Å². The number of anilines is 1. The summed E-state index contributed by atoms with van der Waals surface area (Å²) < 4.78 is 13.0. The molecule has 0 bridgehead atoms. The fourth-order valence-corrected chi connectivity index (χ4v) is 3.89. The number of hydrogen-bond donors (Lipinski definition) is 1. The van der Waals surface area contributed by atoms with Crippen LogP contribution in [0.5, 0.6) is 0 Å². The van der Waals surface area contributed by atoms with Crippen molar-refractivity contribution in [1.82, 2.24) is 4.90 Å². The van der Waals surface area contributed by atoms with Crippen LogP contribution in [0.1, 0.15) is 24.0 Å². The van der Waals surface area contributed by atoms with Crippen molar-refractivity contribution < 1.29 is 4.39 Å². The van der Waals surface area contributed by atoms with Crippen LogP contribution < -0.4 is 5.32 Å². The highest BCUT2D eigenvalue weighted by Gasteiger charge is 2.40. The highest BCUT2D eigenvalue weighted by molar-refractivity contribution is 5.60. The van der Waals surface area contributed by atoms with E-state index in [-0.39, 0.29) is 5.82 Å². The quantitative estimate of drug-likeness (QED) is 0.907. The summed E-state index contributed by atoms with van der Waals surface area (Å²) in [5, 5.41) is 3.57. The molecule has 0 radical (unpaired) electrons. The number of nitrogens with zero attached hydrogens (tertiary/aromatic N) is 1. The van der Waals surface area contributed by atoms with Gasteiger partial charge in [0.05, 0.1) is 0 Å². The molecule has 1 N–H and O–H groups in total. The maximum Gasteiger partial charge on any atom is 0.123 e. The van der Waals surface area contributed by atoms with E-state index in [1.165, 1.54) is 29.7 Å². The molecule has 0 amide bonds. The second-order valence-corrected chi connectivity index (χ2v) is 6.58. The van der Waals surface area contributed by atoms with Gasteiger partial charge in [-0.1, -0.05) is 30.3 Å². The van der Waals surface area contributed by atoms with Gasteiger partial charge in [0.2, 0.25) is 0 Å². The Labute approximate surface area is 131 Å². The highest BCUT2D eigenvalue weighted by atomic mass is 19.1.